The first-order valence-electron chi connectivity index (χ1n) is 20.0. The van der Waals surface area contributed by atoms with Gasteiger partial charge in [0.05, 0.1) is 12.0 Å². The first-order chi connectivity index (χ1) is 25.6. The minimum Gasteiger partial charge on any atom is -0.389 e. The molecule has 0 bridgehead atoms. The number of ketones is 7. The van der Waals surface area contributed by atoms with Gasteiger partial charge in [0.15, 0.2) is 28.9 Å². The van der Waals surface area contributed by atoms with E-state index in [1.54, 1.807) is 6.08 Å². The van der Waals surface area contributed by atoms with Crippen molar-refractivity contribution in [3.05, 3.63) is 69.9 Å². The number of hydrogen-bond donors (Lipinski definition) is 1. The molecule has 55 heavy (non-hydrogen) atoms. The Labute approximate surface area is 366 Å². The molecule has 9 heteroatoms. The summed E-state index contributed by atoms with van der Waals surface area (Å²) in [5.41, 5.74) is 6.93. The van der Waals surface area contributed by atoms with Crippen molar-refractivity contribution in [3.8, 4) is 0 Å². The molecule has 301 valence electrons. The maximum Gasteiger partial charge on any atom is 0.159 e. The first-order valence-corrected chi connectivity index (χ1v) is 20.0. The van der Waals surface area contributed by atoms with E-state index in [2.05, 4.69) is 39.0 Å². The van der Waals surface area contributed by atoms with Crippen LogP contribution in [0.1, 0.15) is 164 Å². The summed E-state index contributed by atoms with van der Waals surface area (Å²) < 4.78 is 0. The van der Waals surface area contributed by atoms with E-state index in [9.17, 15) is 33.6 Å². The van der Waals surface area contributed by atoms with Crippen LogP contribution in [-0.2, 0) is 33.6 Å². The van der Waals surface area contributed by atoms with Gasteiger partial charge in [-0.1, -0.05) is 67.7 Å². The van der Waals surface area contributed by atoms with Gasteiger partial charge in [-0.2, -0.15) is 0 Å². The van der Waals surface area contributed by atoms with Crippen LogP contribution in [0.4, 0.5) is 0 Å². The molecule has 0 aromatic carbocycles. The van der Waals surface area contributed by atoms with Crippen LogP contribution in [0, 0.1) is 50.0 Å². The molecule has 0 spiro atoms. The third-order valence-electron chi connectivity index (χ3n) is 10.1. The predicted octanol–water partition coefficient (Wildman–Crippen LogP) is 9.68. The van der Waals surface area contributed by atoms with E-state index in [1.165, 1.54) is 55.1 Å². The van der Waals surface area contributed by atoms with Gasteiger partial charge in [-0.05, 0) is 128 Å². The summed E-state index contributed by atoms with van der Waals surface area (Å²) in [5, 5.41) is 8.59. The average Bonchev–Trinajstić information content (AvgIpc) is 4.00. The Morgan fingerprint density at radius 3 is 1.76 bits per heavy atom. The first kappa shape index (κ1) is 52.5. The van der Waals surface area contributed by atoms with E-state index in [-0.39, 0.29) is 79.5 Å². The molecule has 0 amide bonds. The van der Waals surface area contributed by atoms with Crippen LogP contribution in [0.5, 0.6) is 0 Å². The van der Waals surface area contributed by atoms with Crippen molar-refractivity contribution in [1.29, 1.82) is 0 Å². The quantitative estimate of drug-likeness (QED) is 0.144. The van der Waals surface area contributed by atoms with E-state index in [0.29, 0.717) is 23.8 Å². The predicted molar refractivity (Wildman–Crippen MR) is 216 cm³/mol. The van der Waals surface area contributed by atoms with E-state index in [4.69, 9.17) is 5.11 Å². The summed E-state index contributed by atoms with van der Waals surface area (Å²) in [5.74, 6) is 1.33. The van der Waals surface area contributed by atoms with Crippen molar-refractivity contribution in [2.75, 3.05) is 0 Å². The molecule has 1 N–H and O–H groups in total. The zero-order valence-corrected chi connectivity index (χ0v) is 39.5. The molecule has 0 aromatic rings. The molecule has 0 aliphatic heterocycles. The molecular weight excluding hydrogens is 907 g/mol. The third-order valence-corrected chi connectivity index (χ3v) is 10.1. The van der Waals surface area contributed by atoms with E-state index >= 15 is 0 Å². The number of aliphatic hydroxyl groups is 1. The number of Topliss-reactive ketones (excluding diaryl/α,β-unsaturated/α-hetero) is 5. The Morgan fingerprint density at radius 2 is 1.45 bits per heavy atom. The number of aliphatic hydroxyl groups excluding tert-OH is 1. The zero-order valence-electron chi connectivity index (χ0n) is 34.7. The summed E-state index contributed by atoms with van der Waals surface area (Å²) in [4.78, 5) is 75.1. The van der Waals surface area contributed by atoms with Gasteiger partial charge in [-0.25, -0.2) is 0 Å². The molecule has 1 saturated carbocycles. The molecule has 8 nitrogen and oxygen atoms in total. The SMILES string of the molecule is CC(=O)C1CCCC1=O.CC/C=C\CC1=C(C)CCC1=O.CC1=C(C)C(=O)CC1.CC1=CC(=O)CC1.CCCCCC1=CCCC1=O.O=C1C=C[C@H](O)C1.[Ac]. The summed E-state index contributed by atoms with van der Waals surface area (Å²) >= 11 is 0. The van der Waals surface area contributed by atoms with Crippen molar-refractivity contribution in [2.24, 2.45) is 5.92 Å². The summed E-state index contributed by atoms with van der Waals surface area (Å²) in [6.45, 7) is 13.8. The van der Waals surface area contributed by atoms with Crippen molar-refractivity contribution >= 4 is 40.5 Å². The van der Waals surface area contributed by atoms with E-state index in [0.717, 1.165) is 100 Å². The van der Waals surface area contributed by atoms with Crippen LogP contribution in [0.25, 0.3) is 0 Å². The van der Waals surface area contributed by atoms with Gasteiger partial charge in [0.2, 0.25) is 0 Å². The van der Waals surface area contributed by atoms with Gasteiger partial charge < -0.3 is 5.11 Å². The minimum atomic E-state index is -0.507. The Kier molecular flexibility index (Phi) is 28.4. The van der Waals surface area contributed by atoms with Crippen molar-refractivity contribution in [2.45, 2.75) is 170 Å². The van der Waals surface area contributed by atoms with E-state index < -0.39 is 6.10 Å². The van der Waals surface area contributed by atoms with Crippen LogP contribution >= 0.6 is 0 Å². The maximum atomic E-state index is 11.3. The standard InChI is InChI=1S/C11H16O.C10H16O.C7H10O2.C7H10O.C6H8O.C5H6O2.Ac/c1-3-4-5-6-10-9(2)7-8-11(10)12;1-2-3-4-6-9-7-5-8-10(9)11;1-5(8)6-3-2-4-7(6)9;1-5-3-4-7(8)6(5)2;1-5-2-3-6(7)4-5;6-4-1-2-5(7)3-4;/h4-5H,3,6-8H2,1-2H3;7H,2-6,8H2,1H3;6H,2-4H2,1H3;3-4H2,1-2H3;4H,2-3H2,1H3;1-2,4,6H,3H2;/b5-4-;;;;;;/t;;;;;4-;/m.....0./s1. The van der Waals surface area contributed by atoms with Gasteiger partial charge in [-0.3, -0.25) is 33.6 Å². The maximum absolute atomic E-state index is 11.3. The number of carbonyl (C=O) groups excluding carboxylic acids is 7. The van der Waals surface area contributed by atoms with E-state index in [1.807, 2.05) is 20.8 Å². The molecule has 0 heterocycles. The number of hydrogen-bond acceptors (Lipinski definition) is 8. The Morgan fingerprint density at radius 1 is 0.782 bits per heavy atom. The molecule has 6 rings (SSSR count). The zero-order chi connectivity index (χ0) is 40.6. The molecule has 1 fully saturated rings. The minimum absolute atomic E-state index is 0. The van der Waals surface area contributed by atoms with Gasteiger partial charge in [0.25, 0.3) is 0 Å². The Balaban J connectivity index is 0.000000641. The smallest absolute Gasteiger partial charge is 0.159 e. The fraction of sp³-hybridized carbons (Fsp3) is 0.587. The average molecular weight is 974 g/mol. The fourth-order valence-corrected chi connectivity index (χ4v) is 6.42. The monoisotopic (exact) mass is 974 g/mol. The third kappa shape index (κ3) is 22.2. The normalized spacial score (nSPS) is 21.1. The van der Waals surface area contributed by atoms with Crippen molar-refractivity contribution < 1.29 is 82.7 Å². The molecule has 2 atom stereocenters. The molecule has 0 saturated heterocycles. The number of unbranched alkanes of at least 4 members (excludes halogenated alkanes) is 2. The fourth-order valence-electron chi connectivity index (χ4n) is 6.42. The Bertz CT molecular complexity index is 1530. The van der Waals surface area contributed by atoms with Crippen LogP contribution in [0.2, 0.25) is 0 Å². The number of allylic oxidation sites excluding steroid dienone is 11. The molecular formula is C46H66AcO8. The second-order valence-electron chi connectivity index (χ2n) is 14.8. The van der Waals surface area contributed by atoms with Crippen LogP contribution in [0.15, 0.2) is 69.9 Å². The molecule has 6 aliphatic rings. The topological polar surface area (TPSA) is 140 Å². The van der Waals surface area contributed by atoms with Crippen molar-refractivity contribution in [3.63, 3.8) is 0 Å². The van der Waals surface area contributed by atoms with Crippen LogP contribution in [0.3, 0.4) is 0 Å². The largest absolute Gasteiger partial charge is 0.389 e. The molecule has 6 aliphatic carbocycles. The summed E-state index contributed by atoms with van der Waals surface area (Å²) in [6.07, 6.45) is 26.6. The molecule has 1 radical (unpaired) electrons. The second-order valence-corrected chi connectivity index (χ2v) is 14.8. The Hall–Kier alpha value is -2.47. The summed E-state index contributed by atoms with van der Waals surface area (Å²) in [6, 6.07) is 0. The van der Waals surface area contributed by atoms with Crippen LogP contribution in [-0.4, -0.2) is 51.7 Å². The van der Waals surface area contributed by atoms with Gasteiger partial charge in [0, 0.05) is 82.6 Å². The molecule has 1 unspecified atom stereocenters. The second kappa shape index (κ2) is 29.7. The van der Waals surface area contributed by atoms with Crippen molar-refractivity contribution in [1.82, 2.24) is 0 Å². The molecule has 0 aromatic heterocycles. The van der Waals surface area contributed by atoms with Crippen LogP contribution < -0.4 is 0 Å². The summed E-state index contributed by atoms with van der Waals surface area (Å²) in [7, 11) is 0. The number of rotatable bonds is 8. The number of carbonyl (C=O) groups is 7. The van der Waals surface area contributed by atoms with Gasteiger partial charge in [-0.15, -0.1) is 0 Å². The van der Waals surface area contributed by atoms with Gasteiger partial charge >= 0.3 is 0 Å². The van der Waals surface area contributed by atoms with Gasteiger partial charge in [0.1, 0.15) is 11.6 Å².